The Balaban J connectivity index is 2.17. The normalized spacial score (nSPS) is 11.1. The van der Waals surface area contributed by atoms with Crippen LogP contribution in [0.15, 0.2) is 53.1 Å². The Kier molecular flexibility index (Phi) is 3.10. The van der Waals surface area contributed by atoms with E-state index in [1.807, 2.05) is 49.0 Å². The van der Waals surface area contributed by atoms with E-state index in [2.05, 4.69) is 6.07 Å². The van der Waals surface area contributed by atoms with Crippen molar-refractivity contribution in [2.45, 2.75) is 6.92 Å². The van der Waals surface area contributed by atoms with Crippen LogP contribution < -0.4 is 4.57 Å². The van der Waals surface area contributed by atoms with E-state index in [1.54, 1.807) is 6.07 Å². The molecule has 116 valence electrons. The topological polar surface area (TPSA) is 40.8 Å². The number of halogens is 1. The van der Waals surface area contributed by atoms with E-state index in [0.29, 0.717) is 16.7 Å². The maximum Gasteiger partial charge on any atom is 0.214 e. The predicted octanol–water partition coefficient (Wildman–Crippen LogP) is 4.40. The van der Waals surface area contributed by atoms with Gasteiger partial charge in [-0.3, -0.25) is 0 Å². The zero-order valence-corrected chi connectivity index (χ0v) is 13.3. The van der Waals surface area contributed by atoms with Gasteiger partial charge in [-0.2, -0.15) is 5.26 Å². The highest BCUT2D eigenvalue weighted by Gasteiger charge is 2.22. The van der Waals surface area contributed by atoms with Gasteiger partial charge in [-0.15, -0.1) is 0 Å². The molecule has 4 heteroatoms. The third-order valence-corrected chi connectivity index (χ3v) is 4.35. The van der Waals surface area contributed by atoms with Gasteiger partial charge in [0.1, 0.15) is 30.1 Å². The van der Waals surface area contributed by atoms with Crippen molar-refractivity contribution in [2.75, 3.05) is 0 Å². The highest BCUT2D eigenvalue weighted by molar-refractivity contribution is 6.08. The van der Waals surface area contributed by atoms with Crippen LogP contribution in [0.1, 0.15) is 11.1 Å². The van der Waals surface area contributed by atoms with Crippen molar-refractivity contribution in [1.82, 2.24) is 0 Å². The van der Waals surface area contributed by atoms with E-state index < -0.39 is 0 Å². The van der Waals surface area contributed by atoms with Crippen molar-refractivity contribution >= 4 is 21.9 Å². The Morgan fingerprint density at radius 2 is 1.96 bits per heavy atom. The molecule has 4 rings (SSSR count). The molecule has 0 unspecified atom stereocenters. The van der Waals surface area contributed by atoms with Gasteiger partial charge in [0.25, 0.3) is 0 Å². The van der Waals surface area contributed by atoms with E-state index in [0.717, 1.165) is 27.6 Å². The third-order valence-electron chi connectivity index (χ3n) is 4.35. The number of hydrogen-bond acceptors (Lipinski definition) is 2. The van der Waals surface area contributed by atoms with Crippen LogP contribution in [-0.2, 0) is 7.05 Å². The molecule has 2 aromatic carbocycles. The van der Waals surface area contributed by atoms with E-state index in [-0.39, 0.29) is 5.82 Å². The van der Waals surface area contributed by atoms with Crippen LogP contribution in [0.3, 0.4) is 0 Å². The van der Waals surface area contributed by atoms with Gasteiger partial charge in [-0.1, -0.05) is 0 Å². The minimum absolute atomic E-state index is 0.355. The zero-order valence-electron chi connectivity index (χ0n) is 13.3. The summed E-state index contributed by atoms with van der Waals surface area (Å²) in [6.45, 7) is 1.98. The summed E-state index contributed by atoms with van der Waals surface area (Å²) in [7, 11) is 1.94. The van der Waals surface area contributed by atoms with Crippen molar-refractivity contribution in [3.63, 3.8) is 0 Å². The molecule has 0 saturated heterocycles. The first-order valence-corrected chi connectivity index (χ1v) is 7.60. The fourth-order valence-corrected chi connectivity index (χ4v) is 3.24. The highest BCUT2D eigenvalue weighted by Crippen LogP contribution is 2.37. The smallest absolute Gasteiger partial charge is 0.214 e. The number of aryl methyl sites for hydroxylation is 2. The zero-order chi connectivity index (χ0) is 16.8. The third kappa shape index (κ3) is 1.99. The molecule has 0 aliphatic rings. The van der Waals surface area contributed by atoms with Crippen LogP contribution >= 0.6 is 0 Å². The first-order valence-electron chi connectivity index (χ1n) is 7.60. The van der Waals surface area contributed by atoms with E-state index in [9.17, 15) is 9.65 Å². The van der Waals surface area contributed by atoms with Crippen LogP contribution in [0, 0.1) is 24.1 Å². The lowest BCUT2D eigenvalue weighted by Crippen LogP contribution is -2.30. The molecule has 0 saturated carbocycles. The fourth-order valence-electron chi connectivity index (χ4n) is 3.24. The molecular weight excluding hydrogens is 303 g/mol. The van der Waals surface area contributed by atoms with Gasteiger partial charge in [0.2, 0.25) is 5.69 Å². The monoisotopic (exact) mass is 317 g/mol. The van der Waals surface area contributed by atoms with Crippen molar-refractivity contribution in [2.24, 2.45) is 7.05 Å². The molecular formula is C20H14FN2O+. The number of benzene rings is 2. The van der Waals surface area contributed by atoms with Crippen molar-refractivity contribution < 1.29 is 13.4 Å². The predicted molar refractivity (Wildman–Crippen MR) is 89.7 cm³/mol. The largest absolute Gasteiger partial charge is 0.455 e. The lowest BCUT2D eigenvalue weighted by atomic mass is 9.95. The quantitative estimate of drug-likeness (QED) is 0.488. The average molecular weight is 317 g/mol. The maximum absolute atomic E-state index is 13.5. The Morgan fingerprint density at radius 1 is 1.12 bits per heavy atom. The molecule has 0 N–H and O–H groups in total. The molecule has 3 nitrogen and oxygen atoms in total. The molecule has 0 aliphatic heterocycles. The van der Waals surface area contributed by atoms with Crippen LogP contribution in [0.4, 0.5) is 4.39 Å². The molecule has 0 radical (unpaired) electrons. The lowest BCUT2D eigenvalue weighted by molar-refractivity contribution is -0.660. The number of hydrogen-bond donors (Lipinski definition) is 0. The number of aromatic nitrogens is 1. The van der Waals surface area contributed by atoms with E-state index in [1.165, 1.54) is 12.1 Å². The summed E-state index contributed by atoms with van der Waals surface area (Å²) in [6.07, 6.45) is 1.94. The molecule has 2 heterocycles. The van der Waals surface area contributed by atoms with Crippen LogP contribution in [-0.4, -0.2) is 0 Å². The highest BCUT2D eigenvalue weighted by atomic mass is 19.1. The molecule has 0 spiro atoms. The molecule has 24 heavy (non-hydrogen) atoms. The Labute approximate surface area is 138 Å². The first kappa shape index (κ1) is 14.4. The summed E-state index contributed by atoms with van der Waals surface area (Å²) in [5, 5.41) is 11.4. The average Bonchev–Trinajstić information content (AvgIpc) is 2.91. The van der Waals surface area contributed by atoms with Crippen LogP contribution in [0.2, 0.25) is 0 Å². The Bertz CT molecular complexity index is 1150. The van der Waals surface area contributed by atoms with Gasteiger partial charge in [0.15, 0.2) is 11.8 Å². The standard InChI is InChI=1S/C20H14FN2O/c1-12-9-15-14-7-6-13(21)10-18(14)24-20(15)16(11-22)19(12)17-5-3-4-8-23(17)2/h3-10H,1-2H3/q+1. The van der Waals surface area contributed by atoms with Crippen molar-refractivity contribution in [3.8, 4) is 17.3 Å². The SMILES string of the molecule is Cc1cc2c(oc3cc(F)ccc32)c(C#N)c1-c1cccc[n+]1C. The van der Waals surface area contributed by atoms with E-state index >= 15 is 0 Å². The lowest BCUT2D eigenvalue weighted by Gasteiger charge is -2.07. The van der Waals surface area contributed by atoms with Crippen LogP contribution in [0.5, 0.6) is 0 Å². The van der Waals surface area contributed by atoms with Crippen LogP contribution in [0.25, 0.3) is 33.2 Å². The number of fused-ring (bicyclic) bond motifs is 3. The number of rotatable bonds is 1. The fraction of sp³-hybridized carbons (Fsp3) is 0.100. The second kappa shape index (κ2) is 5.17. The molecule has 4 aromatic rings. The molecule has 0 atom stereocenters. The molecule has 0 amide bonds. The Morgan fingerprint density at radius 3 is 2.71 bits per heavy atom. The van der Waals surface area contributed by atoms with Gasteiger partial charge < -0.3 is 4.42 Å². The van der Waals surface area contributed by atoms with Gasteiger partial charge in [-0.05, 0) is 36.8 Å². The summed E-state index contributed by atoms with van der Waals surface area (Å²) < 4.78 is 21.3. The van der Waals surface area contributed by atoms with E-state index in [4.69, 9.17) is 4.42 Å². The maximum atomic E-state index is 13.5. The van der Waals surface area contributed by atoms with Crippen molar-refractivity contribution in [3.05, 3.63) is 65.6 Å². The molecule has 0 bridgehead atoms. The molecule has 2 aromatic heterocycles. The number of pyridine rings is 1. The number of furan rings is 1. The summed E-state index contributed by atoms with van der Waals surface area (Å²) >= 11 is 0. The summed E-state index contributed by atoms with van der Waals surface area (Å²) in [5.41, 5.74) is 4.18. The van der Waals surface area contributed by atoms with Gasteiger partial charge in [0, 0.05) is 29.0 Å². The molecule has 0 fully saturated rings. The second-order valence-corrected chi connectivity index (χ2v) is 5.87. The summed E-state index contributed by atoms with van der Waals surface area (Å²) in [5.74, 6) is -0.355. The van der Waals surface area contributed by atoms with Crippen molar-refractivity contribution in [1.29, 1.82) is 5.26 Å². The summed E-state index contributed by atoms with van der Waals surface area (Å²) in [6, 6.07) is 14.6. The number of nitriles is 1. The second-order valence-electron chi connectivity index (χ2n) is 5.87. The van der Waals surface area contributed by atoms with Gasteiger partial charge >= 0.3 is 0 Å². The molecule has 0 aliphatic carbocycles. The Hall–Kier alpha value is -3.19. The first-order chi connectivity index (χ1) is 11.6. The van der Waals surface area contributed by atoms with Gasteiger partial charge in [-0.25, -0.2) is 8.96 Å². The minimum Gasteiger partial charge on any atom is -0.455 e. The van der Waals surface area contributed by atoms with Gasteiger partial charge in [0.05, 0.1) is 5.56 Å². The summed E-state index contributed by atoms with van der Waals surface area (Å²) in [4.78, 5) is 0. The number of nitrogens with zero attached hydrogens (tertiary/aromatic N) is 2. The minimum atomic E-state index is -0.355.